The van der Waals surface area contributed by atoms with E-state index in [-0.39, 0.29) is 10.7 Å². The number of rotatable bonds is 8. The highest BCUT2D eigenvalue weighted by molar-refractivity contribution is 7.89. The van der Waals surface area contributed by atoms with E-state index in [0.717, 1.165) is 0 Å². The maximum Gasteiger partial charge on any atom is 0.243 e. The van der Waals surface area contributed by atoms with Crippen LogP contribution in [0.2, 0.25) is 0 Å². The molecule has 29 heavy (non-hydrogen) atoms. The van der Waals surface area contributed by atoms with E-state index < -0.39 is 10.0 Å². The lowest BCUT2D eigenvalue weighted by atomic mass is 10.3. The number of sulfonamides is 1. The smallest absolute Gasteiger partial charge is 0.243 e. The van der Waals surface area contributed by atoms with Crippen LogP contribution in [-0.4, -0.2) is 71.2 Å². The Morgan fingerprint density at radius 2 is 1.69 bits per heavy atom. The van der Waals surface area contributed by atoms with E-state index in [0.29, 0.717) is 56.6 Å². The van der Waals surface area contributed by atoms with Gasteiger partial charge in [-0.3, -0.25) is 4.90 Å². The van der Waals surface area contributed by atoms with Gasteiger partial charge >= 0.3 is 0 Å². The molecule has 3 rings (SSSR count). The maximum atomic E-state index is 13.2. The van der Waals surface area contributed by atoms with E-state index in [1.165, 1.54) is 42.8 Å². The molecule has 158 valence electrons. The summed E-state index contributed by atoms with van der Waals surface area (Å²) in [6.45, 7) is 3.01. The fourth-order valence-corrected chi connectivity index (χ4v) is 4.61. The Labute approximate surface area is 170 Å². The van der Waals surface area contributed by atoms with Gasteiger partial charge in [0.05, 0.1) is 19.1 Å². The molecule has 1 heterocycles. The molecule has 1 aliphatic rings. The van der Waals surface area contributed by atoms with E-state index >= 15 is 0 Å². The summed E-state index contributed by atoms with van der Waals surface area (Å²) in [5.74, 6) is 1.01. The van der Waals surface area contributed by atoms with Crippen molar-refractivity contribution < 1.29 is 27.0 Å². The molecule has 2 aromatic carbocycles. The van der Waals surface area contributed by atoms with Crippen LogP contribution in [0.25, 0.3) is 0 Å². The average Bonchev–Trinajstić information content (AvgIpc) is 2.73. The number of ether oxygens (including phenoxy) is 3. The Morgan fingerprint density at radius 3 is 2.34 bits per heavy atom. The molecule has 7 nitrogen and oxygen atoms in total. The predicted molar refractivity (Wildman–Crippen MR) is 107 cm³/mol. The van der Waals surface area contributed by atoms with Crippen molar-refractivity contribution in [3.05, 3.63) is 48.3 Å². The Hall–Kier alpha value is -2.36. The molecule has 1 aliphatic heterocycles. The van der Waals surface area contributed by atoms with Gasteiger partial charge < -0.3 is 14.2 Å². The first-order valence-corrected chi connectivity index (χ1v) is 10.7. The zero-order valence-corrected chi connectivity index (χ0v) is 17.3. The van der Waals surface area contributed by atoms with Crippen molar-refractivity contribution in [2.75, 3.05) is 53.6 Å². The number of benzene rings is 2. The van der Waals surface area contributed by atoms with Gasteiger partial charge in [0.1, 0.15) is 18.2 Å². The first kappa shape index (κ1) is 21.4. The van der Waals surface area contributed by atoms with Crippen LogP contribution in [0, 0.1) is 5.82 Å². The first-order chi connectivity index (χ1) is 13.9. The summed E-state index contributed by atoms with van der Waals surface area (Å²) < 4.78 is 56.5. The molecule has 1 fully saturated rings. The fourth-order valence-electron chi connectivity index (χ4n) is 3.17. The molecule has 0 atom stereocenters. The Morgan fingerprint density at radius 1 is 0.966 bits per heavy atom. The molecular formula is C20H25FN2O5S. The van der Waals surface area contributed by atoms with Gasteiger partial charge in [-0.1, -0.05) is 6.07 Å². The summed E-state index contributed by atoms with van der Waals surface area (Å²) in [5, 5.41) is 0. The quantitative estimate of drug-likeness (QED) is 0.647. The van der Waals surface area contributed by atoms with Crippen LogP contribution in [0.15, 0.2) is 47.4 Å². The molecule has 0 unspecified atom stereocenters. The van der Waals surface area contributed by atoms with Crippen molar-refractivity contribution in [1.82, 2.24) is 9.21 Å². The highest BCUT2D eigenvalue weighted by Gasteiger charge is 2.29. The normalized spacial score (nSPS) is 15.8. The average molecular weight is 424 g/mol. The molecule has 0 aromatic heterocycles. The minimum atomic E-state index is -3.61. The summed E-state index contributed by atoms with van der Waals surface area (Å²) in [4.78, 5) is 2.30. The van der Waals surface area contributed by atoms with Crippen LogP contribution >= 0.6 is 0 Å². The van der Waals surface area contributed by atoms with Gasteiger partial charge in [-0.25, -0.2) is 12.8 Å². The summed E-state index contributed by atoms with van der Waals surface area (Å²) in [7, 11) is -0.639. The second-order valence-electron chi connectivity index (χ2n) is 6.57. The Kier molecular flexibility index (Phi) is 6.94. The van der Waals surface area contributed by atoms with Crippen LogP contribution < -0.4 is 14.2 Å². The lowest BCUT2D eigenvalue weighted by molar-refractivity contribution is 0.158. The van der Waals surface area contributed by atoms with Crippen molar-refractivity contribution in [3.8, 4) is 17.2 Å². The van der Waals surface area contributed by atoms with Crippen LogP contribution in [0.3, 0.4) is 0 Å². The van der Waals surface area contributed by atoms with Crippen molar-refractivity contribution >= 4 is 10.0 Å². The SMILES string of the molecule is COc1ccc(S(=O)(=O)N2CCN(CCOc3cccc(F)c3)CC2)cc1OC. The third kappa shape index (κ3) is 5.17. The van der Waals surface area contributed by atoms with Gasteiger partial charge in [-0.2, -0.15) is 4.31 Å². The monoisotopic (exact) mass is 424 g/mol. The second-order valence-corrected chi connectivity index (χ2v) is 8.51. The van der Waals surface area contributed by atoms with Crippen molar-refractivity contribution in [3.63, 3.8) is 0 Å². The molecule has 9 heteroatoms. The molecule has 0 spiro atoms. The molecule has 1 saturated heterocycles. The maximum absolute atomic E-state index is 13.2. The lowest BCUT2D eigenvalue weighted by Crippen LogP contribution is -2.49. The summed E-state index contributed by atoms with van der Waals surface area (Å²) in [6.07, 6.45) is 0. The number of halogens is 1. The summed E-state index contributed by atoms with van der Waals surface area (Å²) >= 11 is 0. The van der Waals surface area contributed by atoms with Crippen molar-refractivity contribution in [2.45, 2.75) is 4.90 Å². The minimum absolute atomic E-state index is 0.179. The molecule has 0 saturated carbocycles. The summed E-state index contributed by atoms with van der Waals surface area (Å²) in [5.41, 5.74) is 0. The van der Waals surface area contributed by atoms with Crippen LogP contribution in [-0.2, 0) is 10.0 Å². The molecule has 0 radical (unpaired) electrons. The van der Waals surface area contributed by atoms with Crippen LogP contribution in [0.4, 0.5) is 4.39 Å². The number of piperazine rings is 1. The Balaban J connectivity index is 1.54. The van der Waals surface area contributed by atoms with E-state index in [9.17, 15) is 12.8 Å². The van der Waals surface area contributed by atoms with Gasteiger partial charge in [-0.15, -0.1) is 0 Å². The van der Waals surface area contributed by atoms with Crippen LogP contribution in [0.1, 0.15) is 0 Å². The number of hydrogen-bond donors (Lipinski definition) is 0. The topological polar surface area (TPSA) is 68.3 Å². The fraction of sp³-hybridized carbons (Fsp3) is 0.400. The lowest BCUT2D eigenvalue weighted by Gasteiger charge is -2.33. The Bertz CT molecular complexity index is 930. The molecular weight excluding hydrogens is 399 g/mol. The van der Waals surface area contributed by atoms with E-state index in [1.807, 2.05) is 0 Å². The summed E-state index contributed by atoms with van der Waals surface area (Å²) in [6, 6.07) is 10.6. The molecule has 0 N–H and O–H groups in total. The largest absolute Gasteiger partial charge is 0.493 e. The van der Waals surface area contributed by atoms with E-state index in [4.69, 9.17) is 14.2 Å². The first-order valence-electron chi connectivity index (χ1n) is 9.27. The van der Waals surface area contributed by atoms with Gasteiger partial charge in [0.15, 0.2) is 11.5 Å². The second kappa shape index (κ2) is 9.43. The predicted octanol–water partition coefficient (Wildman–Crippen LogP) is 2.23. The highest BCUT2D eigenvalue weighted by atomic mass is 32.2. The van der Waals surface area contributed by atoms with Crippen molar-refractivity contribution in [2.24, 2.45) is 0 Å². The molecule has 0 bridgehead atoms. The van der Waals surface area contributed by atoms with Gasteiger partial charge in [0.2, 0.25) is 10.0 Å². The zero-order chi connectivity index (χ0) is 20.9. The van der Waals surface area contributed by atoms with Gasteiger partial charge in [-0.05, 0) is 24.3 Å². The van der Waals surface area contributed by atoms with Gasteiger partial charge in [0, 0.05) is 44.9 Å². The van der Waals surface area contributed by atoms with Crippen molar-refractivity contribution in [1.29, 1.82) is 0 Å². The highest BCUT2D eigenvalue weighted by Crippen LogP contribution is 2.30. The third-order valence-corrected chi connectivity index (χ3v) is 6.69. The molecule has 2 aromatic rings. The van der Waals surface area contributed by atoms with Crippen LogP contribution in [0.5, 0.6) is 17.2 Å². The number of nitrogens with zero attached hydrogens (tertiary/aromatic N) is 2. The van der Waals surface area contributed by atoms with E-state index in [2.05, 4.69) is 4.90 Å². The minimum Gasteiger partial charge on any atom is -0.493 e. The molecule has 0 aliphatic carbocycles. The number of hydrogen-bond acceptors (Lipinski definition) is 6. The van der Waals surface area contributed by atoms with E-state index in [1.54, 1.807) is 18.2 Å². The molecule has 0 amide bonds. The zero-order valence-electron chi connectivity index (χ0n) is 16.5. The van der Waals surface area contributed by atoms with Gasteiger partial charge in [0.25, 0.3) is 0 Å². The standard InChI is InChI=1S/C20H25FN2O5S/c1-26-19-7-6-18(15-20(19)27-2)29(24,25)23-10-8-22(9-11-23)12-13-28-17-5-3-4-16(21)14-17/h3-7,14-15H,8-13H2,1-2H3. The number of methoxy groups -OCH3 is 2. The third-order valence-electron chi connectivity index (χ3n) is 4.80.